The first-order valence-electron chi connectivity index (χ1n) is 7.93. The van der Waals surface area contributed by atoms with Crippen molar-refractivity contribution < 1.29 is 21.6 Å². The molecule has 2 aromatic carbocycles. The van der Waals surface area contributed by atoms with Crippen LogP contribution in [0.25, 0.3) is 0 Å². The summed E-state index contributed by atoms with van der Waals surface area (Å²) in [6.45, 7) is 1.79. The van der Waals surface area contributed by atoms with E-state index >= 15 is 0 Å². The summed E-state index contributed by atoms with van der Waals surface area (Å²) in [7, 11) is -4.27. The minimum absolute atomic E-state index is 0.116. The lowest BCUT2D eigenvalue weighted by Crippen LogP contribution is -2.45. The van der Waals surface area contributed by atoms with Gasteiger partial charge >= 0.3 is 6.18 Å². The minimum Gasteiger partial charge on any atom is -0.207 e. The second-order valence-corrected chi connectivity index (χ2v) is 8.05. The summed E-state index contributed by atoms with van der Waals surface area (Å²) < 4.78 is 67.2. The van der Waals surface area contributed by atoms with Gasteiger partial charge in [0.1, 0.15) is 6.04 Å². The van der Waals surface area contributed by atoms with E-state index in [9.17, 15) is 21.6 Å². The molecule has 0 aromatic heterocycles. The van der Waals surface area contributed by atoms with Crippen molar-refractivity contribution in [1.29, 1.82) is 0 Å². The molecule has 1 aliphatic heterocycles. The number of rotatable bonds is 3. The molecule has 25 heavy (non-hydrogen) atoms. The zero-order chi connectivity index (χ0) is 18.2. The molecule has 0 aliphatic carbocycles. The van der Waals surface area contributed by atoms with Crippen molar-refractivity contribution in [2.45, 2.75) is 42.9 Å². The van der Waals surface area contributed by atoms with E-state index in [2.05, 4.69) is 0 Å². The van der Waals surface area contributed by atoms with E-state index in [1.165, 1.54) is 12.1 Å². The highest BCUT2D eigenvalue weighted by atomic mass is 32.2. The molecule has 1 fully saturated rings. The second kappa shape index (κ2) is 6.46. The van der Waals surface area contributed by atoms with Gasteiger partial charge in [0.05, 0.1) is 10.9 Å². The molecule has 0 saturated carbocycles. The van der Waals surface area contributed by atoms with Gasteiger partial charge in [-0.2, -0.15) is 17.5 Å². The first kappa shape index (κ1) is 17.9. The molecule has 0 spiro atoms. The maximum atomic E-state index is 13.5. The van der Waals surface area contributed by atoms with E-state index in [0.29, 0.717) is 9.87 Å². The van der Waals surface area contributed by atoms with Gasteiger partial charge in [-0.15, -0.1) is 0 Å². The fourth-order valence-corrected chi connectivity index (χ4v) is 5.10. The largest absolute Gasteiger partial charge is 0.405 e. The van der Waals surface area contributed by atoms with Gasteiger partial charge < -0.3 is 0 Å². The number of hydrogen-bond acceptors (Lipinski definition) is 2. The predicted molar refractivity (Wildman–Crippen MR) is 88.5 cm³/mol. The molecule has 3 nitrogen and oxygen atoms in total. The van der Waals surface area contributed by atoms with Crippen LogP contribution in [0.2, 0.25) is 0 Å². The van der Waals surface area contributed by atoms with Crippen LogP contribution < -0.4 is 0 Å². The number of benzene rings is 2. The number of nitrogens with zero attached hydrogens (tertiary/aromatic N) is 1. The highest BCUT2D eigenvalue weighted by Gasteiger charge is 2.54. The summed E-state index contributed by atoms with van der Waals surface area (Å²) >= 11 is 0. The maximum Gasteiger partial charge on any atom is 0.405 e. The summed E-state index contributed by atoms with van der Waals surface area (Å²) in [5.74, 6) is 0. The van der Waals surface area contributed by atoms with E-state index in [1.54, 1.807) is 49.4 Å². The molecule has 134 valence electrons. The Hall–Kier alpha value is -1.86. The minimum atomic E-state index is -4.61. The molecule has 7 heteroatoms. The summed E-state index contributed by atoms with van der Waals surface area (Å²) in [6.07, 6.45) is -4.71. The number of sulfonamides is 1. The van der Waals surface area contributed by atoms with Gasteiger partial charge in [0.25, 0.3) is 0 Å². The highest BCUT2D eigenvalue weighted by Crippen LogP contribution is 2.45. The molecule has 0 amide bonds. The van der Waals surface area contributed by atoms with Crippen molar-refractivity contribution in [3.05, 3.63) is 65.7 Å². The summed E-state index contributed by atoms with van der Waals surface area (Å²) in [5, 5.41) is 0. The molecule has 1 heterocycles. The van der Waals surface area contributed by atoms with E-state index in [1.807, 2.05) is 0 Å². The lowest BCUT2D eigenvalue weighted by molar-refractivity contribution is -0.167. The summed E-state index contributed by atoms with van der Waals surface area (Å²) in [6, 6.07) is 11.5. The molecule has 0 N–H and O–H groups in total. The monoisotopic (exact) mass is 369 g/mol. The van der Waals surface area contributed by atoms with Crippen LogP contribution >= 0.6 is 0 Å². The van der Waals surface area contributed by atoms with Crippen molar-refractivity contribution in [3.63, 3.8) is 0 Å². The van der Waals surface area contributed by atoms with Gasteiger partial charge in [-0.3, -0.25) is 0 Å². The van der Waals surface area contributed by atoms with E-state index in [-0.39, 0.29) is 17.7 Å². The Balaban J connectivity index is 2.09. The van der Waals surface area contributed by atoms with Gasteiger partial charge in [-0.1, -0.05) is 48.0 Å². The summed E-state index contributed by atoms with van der Waals surface area (Å²) in [5.41, 5.74) is 1.41. The van der Waals surface area contributed by atoms with Crippen LogP contribution in [0.15, 0.2) is 59.5 Å². The van der Waals surface area contributed by atoms with Crippen molar-refractivity contribution >= 4 is 10.0 Å². The molecule has 2 atom stereocenters. The topological polar surface area (TPSA) is 37.4 Å². The highest BCUT2D eigenvalue weighted by molar-refractivity contribution is 7.89. The average Bonchev–Trinajstić information content (AvgIpc) is 3.02. The van der Waals surface area contributed by atoms with Crippen LogP contribution in [0.5, 0.6) is 0 Å². The third kappa shape index (κ3) is 3.43. The third-order valence-corrected chi connectivity index (χ3v) is 6.42. The average molecular weight is 369 g/mol. The van der Waals surface area contributed by atoms with E-state index in [0.717, 1.165) is 5.56 Å². The van der Waals surface area contributed by atoms with Crippen LogP contribution in [0.3, 0.4) is 0 Å². The second-order valence-electron chi connectivity index (χ2n) is 6.21. The molecular weight excluding hydrogens is 351 g/mol. The van der Waals surface area contributed by atoms with Gasteiger partial charge in [0.2, 0.25) is 10.0 Å². The molecule has 0 unspecified atom stereocenters. The Kier molecular flexibility index (Phi) is 4.64. The lowest BCUT2D eigenvalue weighted by Gasteiger charge is -2.30. The lowest BCUT2D eigenvalue weighted by atomic mass is 10.1. The number of halogens is 3. The normalized spacial score (nSPS) is 22.2. The van der Waals surface area contributed by atoms with E-state index in [4.69, 9.17) is 0 Å². The Morgan fingerprint density at radius 2 is 1.56 bits per heavy atom. The van der Waals surface area contributed by atoms with Crippen LogP contribution in [-0.2, 0) is 10.0 Å². The van der Waals surface area contributed by atoms with Crippen LogP contribution in [0.4, 0.5) is 13.2 Å². The first-order chi connectivity index (χ1) is 11.7. The fourth-order valence-electron chi connectivity index (χ4n) is 3.25. The van der Waals surface area contributed by atoms with Gasteiger partial charge in [-0.05, 0) is 37.5 Å². The van der Waals surface area contributed by atoms with Gasteiger partial charge in [0.15, 0.2) is 0 Å². The molecule has 2 aromatic rings. The first-order valence-corrected chi connectivity index (χ1v) is 9.37. The molecule has 0 bridgehead atoms. The van der Waals surface area contributed by atoms with Crippen molar-refractivity contribution in [1.82, 2.24) is 4.31 Å². The Morgan fingerprint density at radius 3 is 2.12 bits per heavy atom. The number of hydrogen-bond donors (Lipinski definition) is 0. The Morgan fingerprint density at radius 1 is 0.960 bits per heavy atom. The van der Waals surface area contributed by atoms with Crippen LogP contribution in [0.1, 0.15) is 30.0 Å². The predicted octanol–water partition coefficient (Wildman–Crippen LogP) is 4.45. The Bertz CT molecular complexity index is 833. The quantitative estimate of drug-likeness (QED) is 0.801. The fraction of sp³-hybridized carbons (Fsp3) is 0.333. The van der Waals surface area contributed by atoms with Crippen molar-refractivity contribution in [3.8, 4) is 0 Å². The third-order valence-electron chi connectivity index (χ3n) is 4.49. The maximum absolute atomic E-state index is 13.5. The van der Waals surface area contributed by atoms with Gasteiger partial charge in [-0.25, -0.2) is 8.42 Å². The van der Waals surface area contributed by atoms with E-state index < -0.39 is 28.3 Å². The van der Waals surface area contributed by atoms with Gasteiger partial charge in [0, 0.05) is 0 Å². The van der Waals surface area contributed by atoms with Crippen molar-refractivity contribution in [2.75, 3.05) is 0 Å². The molecule has 3 rings (SSSR count). The Labute approximate surface area is 145 Å². The van der Waals surface area contributed by atoms with Crippen LogP contribution in [0, 0.1) is 6.92 Å². The standard InChI is InChI=1S/C18H18F3NO2S/c1-13-7-9-15(10-8-13)25(23,24)22-16(14-5-3-2-4-6-14)11-12-17(22)18(19,20)21/h2-10,16-17H,11-12H2,1H3/t16-,17+/m1/s1. The SMILES string of the molecule is Cc1ccc(S(=O)(=O)N2[C@@H](c3ccccc3)CC[C@H]2C(F)(F)F)cc1. The molecular formula is C18H18F3NO2S. The molecule has 0 radical (unpaired) electrons. The number of alkyl halides is 3. The van der Waals surface area contributed by atoms with Crippen LogP contribution in [-0.4, -0.2) is 24.9 Å². The molecule has 1 aliphatic rings. The number of aryl methyl sites for hydroxylation is 1. The smallest absolute Gasteiger partial charge is 0.207 e. The zero-order valence-electron chi connectivity index (χ0n) is 13.6. The zero-order valence-corrected chi connectivity index (χ0v) is 14.4. The molecule has 1 saturated heterocycles. The summed E-state index contributed by atoms with van der Waals surface area (Å²) in [4.78, 5) is -0.116. The van der Waals surface area contributed by atoms with Crippen molar-refractivity contribution in [2.24, 2.45) is 0 Å².